The summed E-state index contributed by atoms with van der Waals surface area (Å²) >= 11 is 0. The van der Waals surface area contributed by atoms with E-state index in [1.165, 1.54) is 5.56 Å². The molecule has 0 unspecified atom stereocenters. The largest absolute Gasteiger partial charge is 0.497 e. The van der Waals surface area contributed by atoms with Gasteiger partial charge in [-0.1, -0.05) is 44.0 Å². The third kappa shape index (κ3) is 4.45. The Bertz CT molecular complexity index is 1160. The van der Waals surface area contributed by atoms with Crippen LogP contribution in [0.25, 0.3) is 10.8 Å². The Morgan fingerprint density at radius 2 is 1.48 bits per heavy atom. The summed E-state index contributed by atoms with van der Waals surface area (Å²) in [5.41, 5.74) is 1.50. The average Bonchev–Trinajstić information content (AvgIpc) is 2.85. The van der Waals surface area contributed by atoms with E-state index in [9.17, 15) is 4.79 Å². The summed E-state index contributed by atoms with van der Waals surface area (Å²) in [4.78, 5) is 12.9. The third-order valence-electron chi connectivity index (χ3n) is 8.09. The van der Waals surface area contributed by atoms with Gasteiger partial charge in [-0.05, 0) is 91.0 Å². The fourth-order valence-corrected chi connectivity index (χ4v) is 5.95. The minimum atomic E-state index is -0.525. The van der Waals surface area contributed by atoms with E-state index in [1.54, 1.807) is 7.11 Å². The highest BCUT2D eigenvalue weighted by Gasteiger charge is 2.28. The zero-order valence-electron chi connectivity index (χ0n) is 19.6. The van der Waals surface area contributed by atoms with Gasteiger partial charge in [0.25, 0.3) is 0 Å². The van der Waals surface area contributed by atoms with Gasteiger partial charge in [0.1, 0.15) is 22.7 Å². The average molecular weight is 449 g/mol. The number of rotatable bonds is 4. The van der Waals surface area contributed by atoms with Crippen LogP contribution in [0.1, 0.15) is 92.9 Å². The van der Waals surface area contributed by atoms with Crippen LogP contribution in [-0.2, 0) is 0 Å². The third-order valence-corrected chi connectivity index (χ3v) is 8.09. The van der Waals surface area contributed by atoms with Crippen LogP contribution in [0.15, 0.2) is 51.7 Å². The van der Waals surface area contributed by atoms with E-state index in [0.717, 1.165) is 57.1 Å². The van der Waals surface area contributed by atoms with Crippen molar-refractivity contribution in [2.24, 2.45) is 5.92 Å². The molecule has 3 nitrogen and oxygen atoms in total. The molecule has 2 aliphatic rings. The number of fused-ring (bicyclic) bond motifs is 1. The summed E-state index contributed by atoms with van der Waals surface area (Å²) in [6, 6.07) is 14.1. The predicted octanol–water partition coefficient (Wildman–Crippen LogP) is 7.68. The van der Waals surface area contributed by atoms with Crippen molar-refractivity contribution in [2.45, 2.75) is 76.0 Å². The standard InChI is InChI=1S/C29H33FO3/c1-18-3-5-21(6-4-18)25-16-13-23-17-26(33-29(31)27(23)28(25)30)22-9-7-19(8-10-22)20-11-14-24(32-2)15-12-20/h11-19,21-22H,3-10H2,1-2H3. The number of ether oxygens (including phenoxy) is 1. The van der Waals surface area contributed by atoms with Gasteiger partial charge in [0.15, 0.2) is 0 Å². The highest BCUT2D eigenvalue weighted by Crippen LogP contribution is 2.42. The second-order valence-electron chi connectivity index (χ2n) is 10.1. The SMILES string of the molecule is COc1ccc(C2CCC(c3cc4ccc(C5CCC(C)CC5)c(F)c4c(=O)o3)CC2)cc1. The Labute approximate surface area is 195 Å². The van der Waals surface area contributed by atoms with Crippen LogP contribution in [0, 0.1) is 11.7 Å². The van der Waals surface area contributed by atoms with E-state index in [2.05, 4.69) is 19.1 Å². The molecule has 2 aliphatic carbocycles. The molecule has 0 atom stereocenters. The van der Waals surface area contributed by atoms with Crippen molar-refractivity contribution < 1.29 is 13.5 Å². The number of benzene rings is 2. The molecular formula is C29H33FO3. The smallest absolute Gasteiger partial charge is 0.346 e. The van der Waals surface area contributed by atoms with Crippen LogP contribution in [0.5, 0.6) is 5.75 Å². The molecular weight excluding hydrogens is 415 g/mol. The molecule has 0 amide bonds. The van der Waals surface area contributed by atoms with Crippen molar-refractivity contribution in [3.8, 4) is 5.75 Å². The Balaban J connectivity index is 1.34. The van der Waals surface area contributed by atoms with E-state index in [1.807, 2.05) is 30.3 Å². The molecule has 0 aliphatic heterocycles. The van der Waals surface area contributed by atoms with Crippen LogP contribution < -0.4 is 10.4 Å². The number of hydrogen-bond acceptors (Lipinski definition) is 3. The van der Waals surface area contributed by atoms with E-state index in [0.29, 0.717) is 28.5 Å². The molecule has 5 rings (SSSR count). The van der Waals surface area contributed by atoms with Crippen LogP contribution in [-0.4, -0.2) is 7.11 Å². The van der Waals surface area contributed by atoms with E-state index in [4.69, 9.17) is 9.15 Å². The maximum Gasteiger partial charge on any atom is 0.346 e. The second-order valence-corrected chi connectivity index (χ2v) is 10.1. The molecule has 33 heavy (non-hydrogen) atoms. The highest BCUT2D eigenvalue weighted by molar-refractivity contribution is 5.83. The van der Waals surface area contributed by atoms with Gasteiger partial charge in [-0.25, -0.2) is 9.18 Å². The fourth-order valence-electron chi connectivity index (χ4n) is 5.95. The first-order valence-corrected chi connectivity index (χ1v) is 12.4. The summed E-state index contributed by atoms with van der Waals surface area (Å²) in [5.74, 6) is 2.85. The van der Waals surface area contributed by atoms with Crippen LogP contribution in [0.3, 0.4) is 0 Å². The summed E-state index contributed by atoms with van der Waals surface area (Å²) in [5, 5.41) is 0.797. The maximum absolute atomic E-state index is 15.4. The first kappa shape index (κ1) is 22.2. The molecule has 174 valence electrons. The molecule has 1 heterocycles. The van der Waals surface area contributed by atoms with E-state index >= 15 is 4.39 Å². The Hall–Kier alpha value is -2.62. The zero-order chi connectivity index (χ0) is 22.9. The van der Waals surface area contributed by atoms with Crippen molar-refractivity contribution >= 4 is 10.8 Å². The predicted molar refractivity (Wildman–Crippen MR) is 130 cm³/mol. The quantitative estimate of drug-likeness (QED) is 0.411. The molecule has 0 spiro atoms. The lowest BCUT2D eigenvalue weighted by atomic mass is 9.77. The summed E-state index contributed by atoms with van der Waals surface area (Å²) in [6.07, 6.45) is 8.24. The van der Waals surface area contributed by atoms with E-state index < -0.39 is 5.63 Å². The minimum Gasteiger partial charge on any atom is -0.497 e. The van der Waals surface area contributed by atoms with Crippen molar-refractivity contribution in [2.75, 3.05) is 7.11 Å². The molecule has 0 bridgehead atoms. The van der Waals surface area contributed by atoms with Crippen LogP contribution in [0.2, 0.25) is 0 Å². The molecule has 2 aromatic carbocycles. The monoisotopic (exact) mass is 448 g/mol. The van der Waals surface area contributed by atoms with Gasteiger partial charge in [0, 0.05) is 5.92 Å². The van der Waals surface area contributed by atoms with Gasteiger partial charge in [0.05, 0.1) is 7.11 Å². The van der Waals surface area contributed by atoms with Gasteiger partial charge in [-0.2, -0.15) is 0 Å². The number of halogens is 1. The first-order chi connectivity index (χ1) is 16.0. The van der Waals surface area contributed by atoms with Gasteiger partial charge < -0.3 is 9.15 Å². The van der Waals surface area contributed by atoms with Crippen LogP contribution >= 0.6 is 0 Å². The minimum absolute atomic E-state index is 0.127. The summed E-state index contributed by atoms with van der Waals surface area (Å²) in [6.45, 7) is 2.26. The van der Waals surface area contributed by atoms with Gasteiger partial charge >= 0.3 is 5.63 Å². The normalized spacial score (nSPS) is 25.8. The van der Waals surface area contributed by atoms with Gasteiger partial charge in [0.2, 0.25) is 0 Å². The summed E-state index contributed by atoms with van der Waals surface area (Å²) in [7, 11) is 1.68. The highest BCUT2D eigenvalue weighted by atomic mass is 19.1. The molecule has 0 radical (unpaired) electrons. The Kier molecular flexibility index (Phi) is 6.27. The maximum atomic E-state index is 15.4. The molecule has 2 fully saturated rings. The fraction of sp³-hybridized carbons (Fsp3) is 0.483. The van der Waals surface area contributed by atoms with Crippen molar-refractivity contribution in [3.63, 3.8) is 0 Å². The second kappa shape index (κ2) is 9.32. The van der Waals surface area contributed by atoms with Gasteiger partial charge in [-0.3, -0.25) is 0 Å². The van der Waals surface area contributed by atoms with Crippen molar-refractivity contribution in [3.05, 3.63) is 75.6 Å². The van der Waals surface area contributed by atoms with Crippen LogP contribution in [0.4, 0.5) is 4.39 Å². The first-order valence-electron chi connectivity index (χ1n) is 12.4. The Morgan fingerprint density at radius 3 is 2.15 bits per heavy atom. The molecule has 1 aromatic heterocycles. The molecule has 0 N–H and O–H groups in total. The number of methoxy groups -OCH3 is 1. The van der Waals surface area contributed by atoms with Gasteiger partial charge in [-0.15, -0.1) is 0 Å². The molecule has 4 heteroatoms. The summed E-state index contributed by atoms with van der Waals surface area (Å²) < 4.78 is 26.4. The van der Waals surface area contributed by atoms with E-state index in [-0.39, 0.29) is 23.0 Å². The number of hydrogen-bond donors (Lipinski definition) is 0. The Morgan fingerprint density at radius 1 is 0.848 bits per heavy atom. The molecule has 2 saturated carbocycles. The molecule has 3 aromatic rings. The van der Waals surface area contributed by atoms with Crippen molar-refractivity contribution in [1.29, 1.82) is 0 Å². The zero-order valence-corrected chi connectivity index (χ0v) is 19.6. The van der Waals surface area contributed by atoms with Crippen molar-refractivity contribution in [1.82, 2.24) is 0 Å². The topological polar surface area (TPSA) is 39.4 Å². The lowest BCUT2D eigenvalue weighted by Crippen LogP contribution is -2.16. The molecule has 0 saturated heterocycles. The lowest BCUT2D eigenvalue weighted by Gasteiger charge is -2.28. The lowest BCUT2D eigenvalue weighted by molar-refractivity contribution is 0.334.